The van der Waals surface area contributed by atoms with Crippen molar-refractivity contribution < 1.29 is 9.90 Å². The molecule has 0 saturated heterocycles. The molecule has 1 aromatic rings. The van der Waals surface area contributed by atoms with E-state index in [-0.39, 0.29) is 17.9 Å². The van der Waals surface area contributed by atoms with Gasteiger partial charge in [-0.2, -0.15) is 0 Å². The highest BCUT2D eigenvalue weighted by molar-refractivity contribution is 9.10. The predicted molar refractivity (Wildman–Crippen MR) is 74.2 cm³/mol. The number of amides is 1. The highest BCUT2D eigenvalue weighted by atomic mass is 79.9. The van der Waals surface area contributed by atoms with Gasteiger partial charge in [-0.3, -0.25) is 4.79 Å². The van der Waals surface area contributed by atoms with Crippen molar-refractivity contribution in [2.45, 2.75) is 25.4 Å². The summed E-state index contributed by atoms with van der Waals surface area (Å²) in [5.41, 5.74) is 6.85. The third kappa shape index (κ3) is 3.03. The van der Waals surface area contributed by atoms with Gasteiger partial charge in [0.15, 0.2) is 0 Å². The van der Waals surface area contributed by atoms with Gasteiger partial charge in [-0.1, -0.05) is 6.42 Å². The zero-order chi connectivity index (χ0) is 13.1. The van der Waals surface area contributed by atoms with E-state index in [1.807, 2.05) is 0 Å². The molecule has 1 fully saturated rings. The molecule has 98 valence electrons. The lowest BCUT2D eigenvalue weighted by Crippen LogP contribution is -2.32. The Morgan fingerprint density at radius 1 is 1.50 bits per heavy atom. The minimum atomic E-state index is -0.275. The smallest absolute Gasteiger partial charge is 0.251 e. The predicted octanol–water partition coefficient (Wildman–Crippen LogP) is 1.92. The average molecular weight is 313 g/mol. The van der Waals surface area contributed by atoms with Gasteiger partial charge < -0.3 is 16.2 Å². The second-order valence-electron chi connectivity index (χ2n) is 4.70. The van der Waals surface area contributed by atoms with Crippen LogP contribution in [0.25, 0.3) is 0 Å². The molecule has 1 saturated carbocycles. The molecule has 18 heavy (non-hydrogen) atoms. The fraction of sp³-hybridized carbons (Fsp3) is 0.462. The maximum absolute atomic E-state index is 11.9. The Morgan fingerprint density at radius 2 is 2.28 bits per heavy atom. The number of carbonyl (C=O) groups is 1. The maximum Gasteiger partial charge on any atom is 0.251 e. The first-order chi connectivity index (χ1) is 8.58. The highest BCUT2D eigenvalue weighted by Crippen LogP contribution is 2.25. The fourth-order valence-electron chi connectivity index (χ4n) is 2.25. The number of aliphatic hydroxyl groups is 1. The van der Waals surface area contributed by atoms with Crippen molar-refractivity contribution in [1.29, 1.82) is 0 Å². The lowest BCUT2D eigenvalue weighted by Gasteiger charge is -2.15. The molecular formula is C13H17BrN2O2. The van der Waals surface area contributed by atoms with E-state index in [1.165, 1.54) is 0 Å². The summed E-state index contributed by atoms with van der Waals surface area (Å²) in [4.78, 5) is 11.9. The standard InChI is InChI=1S/C13H17BrN2O2/c14-10-6-8(4-5-11(10)15)13(18)16-7-9-2-1-3-12(9)17/h4-6,9,12,17H,1-3,7,15H2,(H,16,18). The number of nitrogens with two attached hydrogens (primary N) is 1. The summed E-state index contributed by atoms with van der Waals surface area (Å²) in [6.07, 6.45) is 2.58. The van der Waals surface area contributed by atoms with Crippen LogP contribution in [-0.2, 0) is 0 Å². The third-order valence-electron chi connectivity index (χ3n) is 3.41. The molecular weight excluding hydrogens is 296 g/mol. The number of anilines is 1. The topological polar surface area (TPSA) is 75.4 Å². The van der Waals surface area contributed by atoms with Crippen molar-refractivity contribution in [1.82, 2.24) is 5.32 Å². The monoisotopic (exact) mass is 312 g/mol. The second kappa shape index (κ2) is 5.71. The molecule has 0 aromatic heterocycles. The number of hydrogen-bond donors (Lipinski definition) is 3. The highest BCUT2D eigenvalue weighted by Gasteiger charge is 2.25. The van der Waals surface area contributed by atoms with Gasteiger partial charge in [0.05, 0.1) is 6.10 Å². The zero-order valence-corrected chi connectivity index (χ0v) is 11.6. The Bertz CT molecular complexity index is 451. The minimum Gasteiger partial charge on any atom is -0.398 e. The number of aliphatic hydroxyl groups excluding tert-OH is 1. The van der Waals surface area contributed by atoms with E-state index < -0.39 is 0 Å². The Hall–Kier alpha value is -1.07. The molecule has 1 aliphatic rings. The van der Waals surface area contributed by atoms with Gasteiger partial charge in [0.25, 0.3) is 5.91 Å². The van der Waals surface area contributed by atoms with E-state index in [0.29, 0.717) is 17.8 Å². The molecule has 2 rings (SSSR count). The number of carbonyl (C=O) groups excluding carboxylic acids is 1. The van der Waals surface area contributed by atoms with Crippen LogP contribution in [0.3, 0.4) is 0 Å². The zero-order valence-electron chi connectivity index (χ0n) is 10.0. The fourth-order valence-corrected chi connectivity index (χ4v) is 2.63. The van der Waals surface area contributed by atoms with Crippen LogP contribution in [0.15, 0.2) is 22.7 Å². The summed E-state index contributed by atoms with van der Waals surface area (Å²) in [5, 5.41) is 12.5. The second-order valence-corrected chi connectivity index (χ2v) is 5.56. The van der Waals surface area contributed by atoms with Crippen LogP contribution in [0.1, 0.15) is 29.6 Å². The van der Waals surface area contributed by atoms with Crippen LogP contribution < -0.4 is 11.1 Å². The Morgan fingerprint density at radius 3 is 2.89 bits per heavy atom. The number of nitrogens with one attached hydrogen (secondary N) is 1. The molecule has 2 unspecified atom stereocenters. The summed E-state index contributed by atoms with van der Waals surface area (Å²) in [7, 11) is 0. The van der Waals surface area contributed by atoms with Crippen LogP contribution in [0.4, 0.5) is 5.69 Å². The average Bonchev–Trinajstić information content (AvgIpc) is 2.75. The van der Waals surface area contributed by atoms with E-state index in [4.69, 9.17) is 5.73 Å². The van der Waals surface area contributed by atoms with Crippen LogP contribution in [0.2, 0.25) is 0 Å². The molecule has 1 aliphatic carbocycles. The van der Waals surface area contributed by atoms with Crippen molar-refractivity contribution in [3.05, 3.63) is 28.2 Å². The van der Waals surface area contributed by atoms with Gasteiger partial charge in [0, 0.05) is 28.2 Å². The number of rotatable bonds is 3. The summed E-state index contributed by atoms with van der Waals surface area (Å²) in [6.45, 7) is 0.530. The molecule has 4 N–H and O–H groups in total. The van der Waals surface area contributed by atoms with Gasteiger partial charge in [-0.05, 0) is 47.0 Å². The van der Waals surface area contributed by atoms with E-state index in [1.54, 1.807) is 18.2 Å². The van der Waals surface area contributed by atoms with Crippen molar-refractivity contribution in [2.75, 3.05) is 12.3 Å². The Balaban J connectivity index is 1.93. The quantitative estimate of drug-likeness (QED) is 0.746. The molecule has 2 atom stereocenters. The molecule has 1 aromatic carbocycles. The van der Waals surface area contributed by atoms with Crippen LogP contribution >= 0.6 is 15.9 Å². The van der Waals surface area contributed by atoms with Gasteiger partial charge >= 0.3 is 0 Å². The first kappa shape index (κ1) is 13.4. The van der Waals surface area contributed by atoms with Crippen LogP contribution in [-0.4, -0.2) is 23.7 Å². The van der Waals surface area contributed by atoms with Gasteiger partial charge in [-0.25, -0.2) is 0 Å². The SMILES string of the molecule is Nc1ccc(C(=O)NCC2CCCC2O)cc1Br. The van der Waals surface area contributed by atoms with Gasteiger partial charge in [0.2, 0.25) is 0 Å². The van der Waals surface area contributed by atoms with Crippen molar-refractivity contribution in [3.8, 4) is 0 Å². The van der Waals surface area contributed by atoms with Crippen molar-refractivity contribution in [2.24, 2.45) is 5.92 Å². The van der Waals surface area contributed by atoms with Crippen molar-refractivity contribution >= 4 is 27.5 Å². The van der Waals surface area contributed by atoms with Crippen LogP contribution in [0.5, 0.6) is 0 Å². The Kier molecular flexibility index (Phi) is 4.24. The summed E-state index contributed by atoms with van der Waals surface area (Å²) >= 11 is 3.30. The largest absolute Gasteiger partial charge is 0.398 e. The van der Waals surface area contributed by atoms with E-state index >= 15 is 0 Å². The molecule has 0 spiro atoms. The van der Waals surface area contributed by atoms with Crippen molar-refractivity contribution in [3.63, 3.8) is 0 Å². The maximum atomic E-state index is 11.9. The molecule has 1 amide bonds. The summed E-state index contributed by atoms with van der Waals surface area (Å²) in [5.74, 6) is 0.0565. The molecule has 0 bridgehead atoms. The Labute approximate surface area is 115 Å². The number of halogens is 1. The normalized spacial score (nSPS) is 23.0. The third-order valence-corrected chi connectivity index (χ3v) is 4.09. The molecule has 0 aliphatic heterocycles. The summed E-state index contributed by atoms with van der Waals surface area (Å²) < 4.78 is 0.719. The molecule has 0 radical (unpaired) electrons. The minimum absolute atomic E-state index is 0.130. The van der Waals surface area contributed by atoms with E-state index in [2.05, 4.69) is 21.2 Å². The lowest BCUT2D eigenvalue weighted by molar-refractivity contribution is 0.0917. The van der Waals surface area contributed by atoms with Gasteiger partial charge in [-0.15, -0.1) is 0 Å². The lowest BCUT2D eigenvalue weighted by atomic mass is 10.1. The van der Waals surface area contributed by atoms with E-state index in [0.717, 1.165) is 23.7 Å². The van der Waals surface area contributed by atoms with Gasteiger partial charge in [0.1, 0.15) is 0 Å². The summed E-state index contributed by atoms with van der Waals surface area (Å²) in [6, 6.07) is 5.10. The number of benzene rings is 1. The van der Waals surface area contributed by atoms with E-state index in [9.17, 15) is 9.90 Å². The van der Waals surface area contributed by atoms with Crippen LogP contribution in [0, 0.1) is 5.92 Å². The molecule has 5 heteroatoms. The number of hydrogen-bond acceptors (Lipinski definition) is 3. The molecule has 4 nitrogen and oxygen atoms in total. The first-order valence-corrected chi connectivity index (χ1v) is 6.88. The first-order valence-electron chi connectivity index (χ1n) is 6.09. The molecule has 0 heterocycles. The number of nitrogen functional groups attached to an aromatic ring is 1.